The molecule has 1 atom stereocenters. The maximum absolute atomic E-state index is 12.4. The molecule has 5 nitrogen and oxygen atoms in total. The highest BCUT2D eigenvalue weighted by Gasteiger charge is 2.31. The van der Waals surface area contributed by atoms with E-state index in [4.69, 9.17) is 4.74 Å². The number of hydrogen-bond acceptors (Lipinski definition) is 4. The molecule has 0 aromatic carbocycles. The smallest absolute Gasteiger partial charge is 0.316 e. The number of nitrogens with zero attached hydrogens (tertiary/aromatic N) is 3. The highest BCUT2D eigenvalue weighted by Crippen LogP contribution is 2.28. The molecule has 1 unspecified atom stereocenters. The molecular formula is C15H21N3O2. The molecule has 5 heteroatoms. The molecule has 1 aromatic heterocycles. The van der Waals surface area contributed by atoms with Gasteiger partial charge in [0.15, 0.2) is 0 Å². The Morgan fingerprint density at radius 2 is 1.90 bits per heavy atom. The van der Waals surface area contributed by atoms with E-state index in [1.54, 1.807) is 18.5 Å². The van der Waals surface area contributed by atoms with E-state index in [-0.39, 0.29) is 12.0 Å². The fourth-order valence-electron chi connectivity index (χ4n) is 3.16. The molecule has 1 aliphatic heterocycles. The second kappa shape index (κ2) is 6.20. The normalized spacial score (nSPS) is 23.8. The van der Waals surface area contributed by atoms with Crippen LogP contribution < -0.4 is 4.74 Å². The van der Waals surface area contributed by atoms with Crippen molar-refractivity contribution in [3.05, 3.63) is 18.5 Å². The largest absolute Gasteiger partial charge is 0.458 e. The summed E-state index contributed by atoms with van der Waals surface area (Å²) in [7, 11) is 0. The molecule has 20 heavy (non-hydrogen) atoms. The molecule has 1 saturated heterocycles. The summed E-state index contributed by atoms with van der Waals surface area (Å²) < 4.78 is 5.78. The Bertz CT molecular complexity index is 446. The van der Waals surface area contributed by atoms with E-state index in [0.29, 0.717) is 18.5 Å². The SMILES string of the molecule is O=C(C1CCCC1)N1CCCC(Oc2ncccn2)C1. The summed E-state index contributed by atoms with van der Waals surface area (Å²) in [6, 6.07) is 2.18. The average Bonchev–Trinajstić information content (AvgIpc) is 3.02. The van der Waals surface area contributed by atoms with Gasteiger partial charge in [-0.15, -0.1) is 0 Å². The first-order valence-corrected chi connectivity index (χ1v) is 7.55. The van der Waals surface area contributed by atoms with Crippen LogP contribution in [0.5, 0.6) is 6.01 Å². The highest BCUT2D eigenvalue weighted by atomic mass is 16.5. The average molecular weight is 275 g/mol. The minimum atomic E-state index is 0.0245. The van der Waals surface area contributed by atoms with E-state index in [2.05, 4.69) is 9.97 Å². The van der Waals surface area contributed by atoms with Crippen LogP contribution in [0.1, 0.15) is 38.5 Å². The first-order chi connectivity index (χ1) is 9.83. The van der Waals surface area contributed by atoms with Crippen LogP contribution in [0, 0.1) is 5.92 Å². The zero-order valence-corrected chi connectivity index (χ0v) is 11.7. The van der Waals surface area contributed by atoms with E-state index in [9.17, 15) is 4.79 Å². The Kier molecular flexibility index (Phi) is 4.14. The lowest BCUT2D eigenvalue weighted by atomic mass is 10.0. The van der Waals surface area contributed by atoms with Crippen LogP contribution >= 0.6 is 0 Å². The van der Waals surface area contributed by atoms with Crippen molar-refractivity contribution in [2.24, 2.45) is 5.92 Å². The van der Waals surface area contributed by atoms with Gasteiger partial charge in [-0.05, 0) is 31.7 Å². The van der Waals surface area contributed by atoms with Crippen molar-refractivity contribution in [1.82, 2.24) is 14.9 Å². The third-order valence-corrected chi connectivity index (χ3v) is 4.21. The first kappa shape index (κ1) is 13.3. The van der Waals surface area contributed by atoms with Crippen molar-refractivity contribution in [2.45, 2.75) is 44.6 Å². The molecule has 0 N–H and O–H groups in total. The number of ether oxygens (including phenoxy) is 1. The zero-order valence-electron chi connectivity index (χ0n) is 11.7. The van der Waals surface area contributed by atoms with E-state index in [1.165, 1.54) is 12.8 Å². The molecule has 0 radical (unpaired) electrons. The Morgan fingerprint density at radius 1 is 1.15 bits per heavy atom. The molecule has 3 rings (SSSR count). The monoisotopic (exact) mass is 275 g/mol. The van der Waals surface area contributed by atoms with Gasteiger partial charge in [0.05, 0.1) is 6.54 Å². The molecule has 0 spiro atoms. The van der Waals surface area contributed by atoms with Crippen LogP contribution in [0.2, 0.25) is 0 Å². The van der Waals surface area contributed by atoms with Gasteiger partial charge < -0.3 is 9.64 Å². The van der Waals surface area contributed by atoms with Crippen molar-refractivity contribution in [2.75, 3.05) is 13.1 Å². The summed E-state index contributed by atoms with van der Waals surface area (Å²) in [6.07, 6.45) is 9.84. The van der Waals surface area contributed by atoms with Crippen molar-refractivity contribution in [3.8, 4) is 6.01 Å². The molecule has 2 aliphatic rings. The number of piperidine rings is 1. The van der Waals surface area contributed by atoms with Gasteiger partial charge >= 0.3 is 6.01 Å². The number of amides is 1. The van der Waals surface area contributed by atoms with Crippen LogP contribution in [0.25, 0.3) is 0 Å². The van der Waals surface area contributed by atoms with Gasteiger partial charge in [-0.1, -0.05) is 12.8 Å². The molecule has 1 amide bonds. The Hall–Kier alpha value is -1.65. The fourth-order valence-corrected chi connectivity index (χ4v) is 3.16. The topological polar surface area (TPSA) is 55.3 Å². The Balaban J connectivity index is 1.57. The van der Waals surface area contributed by atoms with E-state index in [0.717, 1.165) is 32.2 Å². The minimum Gasteiger partial charge on any atom is -0.458 e. The lowest BCUT2D eigenvalue weighted by Gasteiger charge is -2.33. The van der Waals surface area contributed by atoms with Crippen molar-refractivity contribution in [1.29, 1.82) is 0 Å². The molecule has 0 bridgehead atoms. The molecule has 2 fully saturated rings. The van der Waals surface area contributed by atoms with Crippen LogP contribution in [-0.2, 0) is 4.79 Å². The second-order valence-corrected chi connectivity index (χ2v) is 5.68. The molecule has 1 aromatic rings. The fraction of sp³-hybridized carbons (Fsp3) is 0.667. The summed E-state index contributed by atoms with van der Waals surface area (Å²) in [4.78, 5) is 22.6. The van der Waals surface area contributed by atoms with Gasteiger partial charge in [-0.3, -0.25) is 4.79 Å². The van der Waals surface area contributed by atoms with Crippen molar-refractivity contribution < 1.29 is 9.53 Å². The number of carbonyl (C=O) groups is 1. The third kappa shape index (κ3) is 3.08. The second-order valence-electron chi connectivity index (χ2n) is 5.68. The number of carbonyl (C=O) groups excluding carboxylic acids is 1. The third-order valence-electron chi connectivity index (χ3n) is 4.21. The quantitative estimate of drug-likeness (QED) is 0.847. The summed E-state index contributed by atoms with van der Waals surface area (Å²) >= 11 is 0. The van der Waals surface area contributed by atoms with Crippen LogP contribution in [-0.4, -0.2) is 40.0 Å². The molecule has 108 valence electrons. The summed E-state index contributed by atoms with van der Waals surface area (Å²) in [5.74, 6) is 0.575. The van der Waals surface area contributed by atoms with Crippen LogP contribution in [0.15, 0.2) is 18.5 Å². The Morgan fingerprint density at radius 3 is 2.65 bits per heavy atom. The number of hydrogen-bond donors (Lipinski definition) is 0. The highest BCUT2D eigenvalue weighted by molar-refractivity contribution is 5.79. The molecule has 2 heterocycles. The maximum atomic E-state index is 12.4. The standard InChI is InChI=1S/C15H21N3O2/c19-14(12-5-1-2-6-12)18-10-3-7-13(11-18)20-15-16-8-4-9-17-15/h4,8-9,12-13H,1-3,5-7,10-11H2. The van der Waals surface area contributed by atoms with Gasteiger partial charge in [-0.25, -0.2) is 9.97 Å². The predicted octanol–water partition coefficient (Wildman–Crippen LogP) is 2.04. The van der Waals surface area contributed by atoms with E-state index >= 15 is 0 Å². The number of aromatic nitrogens is 2. The summed E-state index contributed by atoms with van der Waals surface area (Å²) in [5.41, 5.74) is 0. The zero-order chi connectivity index (χ0) is 13.8. The maximum Gasteiger partial charge on any atom is 0.316 e. The van der Waals surface area contributed by atoms with Gasteiger partial charge in [0, 0.05) is 24.9 Å². The van der Waals surface area contributed by atoms with Gasteiger partial charge in [-0.2, -0.15) is 0 Å². The lowest BCUT2D eigenvalue weighted by molar-refractivity contribution is -0.138. The summed E-state index contributed by atoms with van der Waals surface area (Å²) in [5, 5.41) is 0. The molecular weight excluding hydrogens is 254 g/mol. The van der Waals surface area contributed by atoms with Gasteiger partial charge in [0.2, 0.25) is 5.91 Å². The lowest BCUT2D eigenvalue weighted by Crippen LogP contribution is -2.46. The first-order valence-electron chi connectivity index (χ1n) is 7.55. The Labute approximate surface area is 119 Å². The van der Waals surface area contributed by atoms with Crippen molar-refractivity contribution >= 4 is 5.91 Å². The number of likely N-dealkylation sites (tertiary alicyclic amines) is 1. The van der Waals surface area contributed by atoms with Gasteiger partial charge in [0.25, 0.3) is 0 Å². The molecule has 1 saturated carbocycles. The number of rotatable bonds is 3. The molecule has 1 aliphatic carbocycles. The van der Waals surface area contributed by atoms with Crippen molar-refractivity contribution in [3.63, 3.8) is 0 Å². The van der Waals surface area contributed by atoms with Gasteiger partial charge in [0.1, 0.15) is 6.10 Å². The van der Waals surface area contributed by atoms with Crippen LogP contribution in [0.3, 0.4) is 0 Å². The summed E-state index contributed by atoms with van der Waals surface area (Å²) in [6.45, 7) is 1.54. The van der Waals surface area contributed by atoms with Crippen LogP contribution in [0.4, 0.5) is 0 Å². The predicted molar refractivity (Wildman–Crippen MR) is 74.2 cm³/mol. The van der Waals surface area contributed by atoms with E-state index in [1.807, 2.05) is 4.90 Å². The minimum absolute atomic E-state index is 0.0245. The van der Waals surface area contributed by atoms with E-state index < -0.39 is 0 Å².